The SMILES string of the molecule is CCC(C)Sc1ccc([C@H](C)O)cc1[N+](=O)[O-]. The first kappa shape index (κ1) is 14.0. The lowest BCUT2D eigenvalue weighted by Crippen LogP contribution is -1.99. The second-order valence-electron chi connectivity index (χ2n) is 4.00. The number of aliphatic hydroxyl groups excluding tert-OH is 1. The number of nitro benzene ring substituents is 1. The zero-order valence-electron chi connectivity index (χ0n) is 10.2. The molecule has 2 atom stereocenters. The summed E-state index contributed by atoms with van der Waals surface area (Å²) >= 11 is 1.50. The molecule has 1 aromatic rings. The first-order valence-corrected chi connectivity index (χ1v) is 6.46. The second kappa shape index (κ2) is 6.02. The molecular weight excluding hydrogens is 238 g/mol. The molecule has 1 rings (SSSR count). The van der Waals surface area contributed by atoms with Crippen LogP contribution in [0.25, 0.3) is 0 Å². The van der Waals surface area contributed by atoms with Crippen LogP contribution in [-0.2, 0) is 0 Å². The van der Waals surface area contributed by atoms with Crippen LogP contribution in [0.3, 0.4) is 0 Å². The third kappa shape index (κ3) is 3.71. The number of hydrogen-bond acceptors (Lipinski definition) is 4. The Bertz CT molecular complexity index is 407. The van der Waals surface area contributed by atoms with Crippen LogP contribution in [0.1, 0.15) is 38.9 Å². The largest absolute Gasteiger partial charge is 0.389 e. The van der Waals surface area contributed by atoms with Crippen molar-refractivity contribution in [3.05, 3.63) is 33.9 Å². The maximum absolute atomic E-state index is 11.0. The van der Waals surface area contributed by atoms with E-state index in [0.717, 1.165) is 6.42 Å². The first-order chi connectivity index (χ1) is 7.95. The van der Waals surface area contributed by atoms with Gasteiger partial charge in [-0.15, -0.1) is 11.8 Å². The van der Waals surface area contributed by atoms with Gasteiger partial charge in [0.2, 0.25) is 0 Å². The van der Waals surface area contributed by atoms with Crippen LogP contribution >= 0.6 is 11.8 Å². The van der Waals surface area contributed by atoms with E-state index in [1.807, 2.05) is 13.8 Å². The van der Waals surface area contributed by atoms with Crippen LogP contribution in [0.4, 0.5) is 5.69 Å². The molecule has 0 heterocycles. The zero-order chi connectivity index (χ0) is 13.0. The number of thioether (sulfide) groups is 1. The molecule has 0 saturated carbocycles. The van der Waals surface area contributed by atoms with Crippen molar-refractivity contribution in [3.63, 3.8) is 0 Å². The van der Waals surface area contributed by atoms with Crippen molar-refractivity contribution >= 4 is 17.4 Å². The van der Waals surface area contributed by atoms with Crippen molar-refractivity contribution in [2.75, 3.05) is 0 Å². The Morgan fingerprint density at radius 3 is 2.59 bits per heavy atom. The van der Waals surface area contributed by atoms with Crippen LogP contribution in [0, 0.1) is 10.1 Å². The highest BCUT2D eigenvalue weighted by molar-refractivity contribution is 8.00. The number of aliphatic hydroxyl groups is 1. The molecule has 94 valence electrons. The van der Waals surface area contributed by atoms with Crippen molar-refractivity contribution in [1.29, 1.82) is 0 Å². The lowest BCUT2D eigenvalue weighted by atomic mass is 10.1. The lowest BCUT2D eigenvalue weighted by Gasteiger charge is -2.10. The van der Waals surface area contributed by atoms with Gasteiger partial charge in [0, 0.05) is 11.3 Å². The van der Waals surface area contributed by atoms with Crippen molar-refractivity contribution in [3.8, 4) is 0 Å². The molecule has 0 aromatic heterocycles. The Balaban J connectivity index is 3.09. The van der Waals surface area contributed by atoms with Crippen LogP contribution in [-0.4, -0.2) is 15.3 Å². The number of nitro groups is 1. The number of rotatable bonds is 5. The molecule has 0 fully saturated rings. The minimum absolute atomic E-state index is 0.0775. The number of benzene rings is 1. The lowest BCUT2D eigenvalue weighted by molar-refractivity contribution is -0.387. The molecule has 1 aromatic carbocycles. The van der Waals surface area contributed by atoms with E-state index in [9.17, 15) is 15.2 Å². The Morgan fingerprint density at radius 1 is 1.47 bits per heavy atom. The van der Waals surface area contributed by atoms with Crippen molar-refractivity contribution in [1.82, 2.24) is 0 Å². The van der Waals surface area contributed by atoms with Crippen LogP contribution in [0.2, 0.25) is 0 Å². The molecule has 1 N–H and O–H groups in total. The zero-order valence-corrected chi connectivity index (χ0v) is 11.0. The van der Waals surface area contributed by atoms with E-state index in [4.69, 9.17) is 0 Å². The summed E-state index contributed by atoms with van der Waals surface area (Å²) in [7, 11) is 0. The highest BCUT2D eigenvalue weighted by atomic mass is 32.2. The topological polar surface area (TPSA) is 63.4 Å². The predicted molar refractivity (Wildman–Crippen MR) is 69.3 cm³/mol. The molecule has 5 heteroatoms. The standard InChI is InChI=1S/C12H17NO3S/c1-4-8(2)17-12-6-5-10(9(3)14)7-11(12)13(15)16/h5-9,14H,4H2,1-3H3/t8?,9-/m0/s1. The molecule has 4 nitrogen and oxygen atoms in total. The summed E-state index contributed by atoms with van der Waals surface area (Å²) in [5, 5.41) is 20.7. The van der Waals surface area contributed by atoms with E-state index in [-0.39, 0.29) is 5.69 Å². The molecular formula is C12H17NO3S. The molecule has 0 bridgehead atoms. The van der Waals surface area contributed by atoms with Gasteiger partial charge in [-0.05, 0) is 25.0 Å². The molecule has 17 heavy (non-hydrogen) atoms. The van der Waals surface area contributed by atoms with Gasteiger partial charge in [0.25, 0.3) is 5.69 Å². The van der Waals surface area contributed by atoms with Gasteiger partial charge >= 0.3 is 0 Å². The van der Waals surface area contributed by atoms with E-state index in [2.05, 4.69) is 0 Å². The second-order valence-corrected chi connectivity index (χ2v) is 5.48. The van der Waals surface area contributed by atoms with Gasteiger partial charge in [0.15, 0.2) is 0 Å². The van der Waals surface area contributed by atoms with E-state index < -0.39 is 11.0 Å². The van der Waals surface area contributed by atoms with Gasteiger partial charge in [-0.3, -0.25) is 10.1 Å². The Kier molecular flexibility index (Phi) is 4.96. The smallest absolute Gasteiger partial charge is 0.283 e. The molecule has 0 aliphatic heterocycles. The van der Waals surface area contributed by atoms with Crippen molar-refractivity contribution < 1.29 is 10.0 Å². The van der Waals surface area contributed by atoms with Gasteiger partial charge in [-0.1, -0.05) is 19.9 Å². The Hall–Kier alpha value is -1.07. The Morgan fingerprint density at radius 2 is 2.12 bits per heavy atom. The van der Waals surface area contributed by atoms with Gasteiger partial charge in [0.05, 0.1) is 15.9 Å². The summed E-state index contributed by atoms with van der Waals surface area (Å²) in [6.45, 7) is 5.69. The number of hydrogen-bond donors (Lipinski definition) is 1. The average Bonchev–Trinajstić information content (AvgIpc) is 2.28. The fourth-order valence-electron chi connectivity index (χ4n) is 1.34. The third-order valence-corrected chi connectivity index (χ3v) is 3.90. The van der Waals surface area contributed by atoms with E-state index >= 15 is 0 Å². The quantitative estimate of drug-likeness (QED) is 0.496. The summed E-state index contributed by atoms with van der Waals surface area (Å²) in [5.41, 5.74) is 0.652. The summed E-state index contributed by atoms with van der Waals surface area (Å²) in [4.78, 5) is 11.2. The highest BCUT2D eigenvalue weighted by Gasteiger charge is 2.18. The van der Waals surface area contributed by atoms with Crippen LogP contribution < -0.4 is 0 Å². The summed E-state index contributed by atoms with van der Waals surface area (Å²) in [6, 6.07) is 4.91. The molecule has 0 aliphatic carbocycles. The van der Waals surface area contributed by atoms with Gasteiger partial charge in [-0.2, -0.15) is 0 Å². The molecule has 0 amide bonds. The minimum Gasteiger partial charge on any atom is -0.389 e. The normalized spacial score (nSPS) is 14.4. The summed E-state index contributed by atoms with van der Waals surface area (Å²) in [6.07, 6.45) is 0.274. The van der Waals surface area contributed by atoms with Crippen molar-refractivity contribution in [2.24, 2.45) is 0 Å². The van der Waals surface area contributed by atoms with Crippen molar-refractivity contribution in [2.45, 2.75) is 43.4 Å². The molecule has 1 unspecified atom stereocenters. The fourth-order valence-corrected chi connectivity index (χ4v) is 2.34. The highest BCUT2D eigenvalue weighted by Crippen LogP contribution is 2.34. The fraction of sp³-hybridized carbons (Fsp3) is 0.500. The molecule has 0 spiro atoms. The van der Waals surface area contributed by atoms with Gasteiger partial charge < -0.3 is 5.11 Å². The maximum Gasteiger partial charge on any atom is 0.283 e. The van der Waals surface area contributed by atoms with Gasteiger partial charge in [0.1, 0.15) is 0 Å². The van der Waals surface area contributed by atoms with E-state index in [1.54, 1.807) is 19.1 Å². The maximum atomic E-state index is 11.0. The summed E-state index contributed by atoms with van der Waals surface area (Å²) in [5.74, 6) is 0. The Labute approximate surface area is 105 Å². The van der Waals surface area contributed by atoms with Crippen LogP contribution in [0.15, 0.2) is 23.1 Å². The summed E-state index contributed by atoms with van der Waals surface area (Å²) < 4.78 is 0. The van der Waals surface area contributed by atoms with Gasteiger partial charge in [-0.25, -0.2) is 0 Å². The molecule has 0 saturated heterocycles. The molecule has 0 radical (unpaired) electrons. The first-order valence-electron chi connectivity index (χ1n) is 5.58. The average molecular weight is 255 g/mol. The van der Waals surface area contributed by atoms with E-state index in [0.29, 0.717) is 15.7 Å². The third-order valence-electron chi connectivity index (χ3n) is 2.57. The number of nitrogens with zero attached hydrogens (tertiary/aromatic N) is 1. The van der Waals surface area contributed by atoms with Crippen LogP contribution in [0.5, 0.6) is 0 Å². The minimum atomic E-state index is -0.684. The molecule has 0 aliphatic rings. The predicted octanol–water partition coefficient (Wildman–Crippen LogP) is 3.54. The monoisotopic (exact) mass is 255 g/mol. The van der Waals surface area contributed by atoms with E-state index in [1.165, 1.54) is 17.8 Å².